The van der Waals surface area contributed by atoms with Crippen LogP contribution in [-0.2, 0) is 17.8 Å². The summed E-state index contributed by atoms with van der Waals surface area (Å²) in [6.45, 7) is 0.517. The molecule has 24 heavy (non-hydrogen) atoms. The van der Waals surface area contributed by atoms with Gasteiger partial charge in [0.15, 0.2) is 5.75 Å². The first-order valence-electron chi connectivity index (χ1n) is 7.52. The van der Waals surface area contributed by atoms with Crippen LogP contribution in [0.15, 0.2) is 66.7 Å². The van der Waals surface area contributed by atoms with E-state index < -0.39 is 11.3 Å². The van der Waals surface area contributed by atoms with Gasteiger partial charge in [0.05, 0.1) is 0 Å². The van der Waals surface area contributed by atoms with Crippen molar-refractivity contribution in [1.82, 2.24) is 4.72 Å². The maximum absolute atomic E-state index is 13.0. The summed E-state index contributed by atoms with van der Waals surface area (Å²) in [4.78, 5) is 0. The molecule has 1 atom stereocenters. The highest BCUT2D eigenvalue weighted by Crippen LogP contribution is 2.36. The number of halogens is 1. The van der Waals surface area contributed by atoms with Crippen molar-refractivity contribution in [3.63, 3.8) is 0 Å². The molecule has 1 N–H and O–H groups in total. The van der Waals surface area contributed by atoms with Crippen molar-refractivity contribution in [2.24, 2.45) is 0 Å². The number of hydrogen-bond acceptors (Lipinski definition) is 2. The zero-order valence-corrected chi connectivity index (χ0v) is 13.5. The van der Waals surface area contributed by atoms with Crippen molar-refractivity contribution in [1.29, 1.82) is 0 Å². The summed E-state index contributed by atoms with van der Waals surface area (Å²) in [6.07, 6.45) is 0. The lowest BCUT2D eigenvalue weighted by atomic mass is 9.98. The molecule has 4 rings (SSSR count). The third-order valence-corrected chi connectivity index (χ3v) is 4.71. The van der Waals surface area contributed by atoms with Crippen molar-refractivity contribution in [3.05, 3.63) is 78.1 Å². The Balaban J connectivity index is 1.71. The van der Waals surface area contributed by atoms with Crippen LogP contribution in [0.1, 0.15) is 5.56 Å². The van der Waals surface area contributed by atoms with E-state index in [9.17, 15) is 8.60 Å². The van der Waals surface area contributed by atoms with E-state index in [1.165, 1.54) is 12.1 Å². The Hall–Kier alpha value is -2.50. The van der Waals surface area contributed by atoms with E-state index in [4.69, 9.17) is 4.18 Å². The standard InChI is InChI=1S/C19H14FNO2S/c20-17-10-8-14(9-11-17)13-4-6-15(7-5-13)18-3-1-2-16-12-21-24(22)23-19(16)18/h1-11,21H,12H2. The Bertz CT molecular complexity index is 908. The van der Waals surface area contributed by atoms with E-state index in [0.717, 1.165) is 27.8 Å². The average molecular weight is 339 g/mol. The number of fused-ring (bicyclic) bond motifs is 1. The molecule has 3 nitrogen and oxygen atoms in total. The van der Waals surface area contributed by atoms with E-state index in [-0.39, 0.29) is 5.82 Å². The van der Waals surface area contributed by atoms with Gasteiger partial charge in [0.1, 0.15) is 5.82 Å². The normalized spacial score (nSPS) is 16.3. The summed E-state index contributed by atoms with van der Waals surface area (Å²) < 4.78 is 32.9. The Morgan fingerprint density at radius 2 is 1.50 bits per heavy atom. The lowest BCUT2D eigenvalue weighted by Crippen LogP contribution is -2.26. The van der Waals surface area contributed by atoms with Gasteiger partial charge in [0.25, 0.3) is 11.3 Å². The lowest BCUT2D eigenvalue weighted by molar-refractivity contribution is 0.525. The molecular formula is C19H14FNO2S. The molecule has 0 radical (unpaired) electrons. The minimum Gasteiger partial charge on any atom is -0.388 e. The first kappa shape index (κ1) is 15.1. The molecule has 120 valence electrons. The zero-order chi connectivity index (χ0) is 16.5. The fraction of sp³-hybridized carbons (Fsp3) is 0.0526. The molecule has 3 aromatic carbocycles. The highest BCUT2D eigenvalue weighted by molar-refractivity contribution is 7.78. The smallest absolute Gasteiger partial charge is 0.288 e. The van der Waals surface area contributed by atoms with Crippen LogP contribution in [0.2, 0.25) is 0 Å². The highest BCUT2D eigenvalue weighted by atomic mass is 32.2. The Labute approximate surface area is 141 Å². The second kappa shape index (κ2) is 6.19. The fourth-order valence-corrected chi connectivity index (χ4v) is 3.46. The Morgan fingerprint density at radius 1 is 0.875 bits per heavy atom. The lowest BCUT2D eigenvalue weighted by Gasteiger charge is -2.19. The van der Waals surface area contributed by atoms with Crippen LogP contribution >= 0.6 is 0 Å². The Kier molecular flexibility index (Phi) is 3.88. The van der Waals surface area contributed by atoms with Crippen molar-refractivity contribution in [3.8, 4) is 28.0 Å². The molecule has 0 spiro atoms. The van der Waals surface area contributed by atoms with Gasteiger partial charge in [-0.1, -0.05) is 54.6 Å². The van der Waals surface area contributed by atoms with E-state index in [1.54, 1.807) is 12.1 Å². The summed E-state index contributed by atoms with van der Waals surface area (Å²) in [6, 6.07) is 20.2. The third-order valence-electron chi connectivity index (χ3n) is 4.01. The van der Waals surface area contributed by atoms with Gasteiger partial charge >= 0.3 is 0 Å². The molecule has 1 unspecified atom stereocenters. The maximum atomic E-state index is 13.0. The van der Waals surface area contributed by atoms with Gasteiger partial charge in [-0.15, -0.1) is 0 Å². The number of benzene rings is 3. The average Bonchev–Trinajstić information content (AvgIpc) is 2.62. The van der Waals surface area contributed by atoms with Crippen LogP contribution in [0, 0.1) is 5.82 Å². The SMILES string of the molecule is O=S1NCc2cccc(-c3ccc(-c4ccc(F)cc4)cc3)c2O1. The molecule has 1 aliphatic heterocycles. The van der Waals surface area contributed by atoms with Crippen LogP contribution in [0.4, 0.5) is 4.39 Å². The maximum Gasteiger partial charge on any atom is 0.288 e. The minimum absolute atomic E-state index is 0.245. The first-order valence-corrected chi connectivity index (χ1v) is 8.60. The molecule has 0 aliphatic carbocycles. The molecule has 3 aromatic rings. The van der Waals surface area contributed by atoms with Crippen LogP contribution < -0.4 is 8.91 Å². The fourth-order valence-electron chi connectivity index (χ4n) is 2.78. The zero-order valence-electron chi connectivity index (χ0n) is 12.7. The molecule has 1 heterocycles. The summed E-state index contributed by atoms with van der Waals surface area (Å²) in [5.41, 5.74) is 4.84. The summed E-state index contributed by atoms with van der Waals surface area (Å²) in [7, 11) is 0. The van der Waals surface area contributed by atoms with Crippen LogP contribution in [-0.4, -0.2) is 4.21 Å². The molecule has 0 fully saturated rings. The third kappa shape index (κ3) is 2.84. The topological polar surface area (TPSA) is 38.3 Å². The molecule has 5 heteroatoms. The second-order valence-corrected chi connectivity index (χ2v) is 6.44. The predicted molar refractivity (Wildman–Crippen MR) is 92.9 cm³/mol. The van der Waals surface area contributed by atoms with Crippen molar-refractivity contribution < 1.29 is 12.8 Å². The molecule has 1 aliphatic rings. The van der Waals surface area contributed by atoms with Gasteiger partial charge in [0.2, 0.25) is 0 Å². The number of rotatable bonds is 2. The van der Waals surface area contributed by atoms with E-state index >= 15 is 0 Å². The van der Waals surface area contributed by atoms with Gasteiger partial charge in [-0.3, -0.25) is 0 Å². The highest BCUT2D eigenvalue weighted by Gasteiger charge is 2.19. The van der Waals surface area contributed by atoms with Gasteiger partial charge < -0.3 is 4.18 Å². The minimum atomic E-state index is -1.51. The van der Waals surface area contributed by atoms with Gasteiger partial charge in [0, 0.05) is 17.7 Å². The number of nitrogens with one attached hydrogen (secondary N) is 1. The van der Waals surface area contributed by atoms with Gasteiger partial charge in [-0.05, 0) is 28.8 Å². The predicted octanol–water partition coefficient (Wildman–Crippen LogP) is 4.22. The number of hydrogen-bond donors (Lipinski definition) is 1. The molecule has 0 saturated heterocycles. The van der Waals surface area contributed by atoms with Crippen molar-refractivity contribution >= 4 is 11.3 Å². The quantitative estimate of drug-likeness (QED) is 0.759. The molecule has 0 aromatic heterocycles. The van der Waals surface area contributed by atoms with Gasteiger partial charge in [-0.2, -0.15) is 8.93 Å². The van der Waals surface area contributed by atoms with Crippen LogP contribution in [0.25, 0.3) is 22.3 Å². The number of para-hydroxylation sites is 1. The van der Waals surface area contributed by atoms with Crippen molar-refractivity contribution in [2.75, 3.05) is 0 Å². The van der Waals surface area contributed by atoms with Crippen molar-refractivity contribution in [2.45, 2.75) is 6.54 Å². The van der Waals surface area contributed by atoms with Gasteiger partial charge in [-0.25, -0.2) is 4.39 Å². The van der Waals surface area contributed by atoms with E-state index in [0.29, 0.717) is 12.3 Å². The Morgan fingerprint density at radius 3 is 2.21 bits per heavy atom. The molecule has 0 bridgehead atoms. The summed E-state index contributed by atoms with van der Waals surface area (Å²) >= 11 is -1.51. The van der Waals surface area contributed by atoms with E-state index in [2.05, 4.69) is 4.72 Å². The largest absolute Gasteiger partial charge is 0.388 e. The van der Waals surface area contributed by atoms with E-state index in [1.807, 2.05) is 42.5 Å². The monoisotopic (exact) mass is 339 g/mol. The molecule has 0 amide bonds. The molecule has 0 saturated carbocycles. The second-order valence-electron chi connectivity index (χ2n) is 5.52. The summed E-state index contributed by atoms with van der Waals surface area (Å²) in [5, 5.41) is 0. The van der Waals surface area contributed by atoms with Crippen LogP contribution in [0.3, 0.4) is 0 Å². The van der Waals surface area contributed by atoms with Crippen LogP contribution in [0.5, 0.6) is 5.75 Å². The first-order chi connectivity index (χ1) is 11.7. The summed E-state index contributed by atoms with van der Waals surface area (Å²) in [5.74, 6) is 0.411. The molecular weight excluding hydrogens is 325 g/mol.